The van der Waals surface area contributed by atoms with Gasteiger partial charge in [0.1, 0.15) is 0 Å². The average molecular weight is 256 g/mol. The molecule has 0 fully saturated rings. The van der Waals surface area contributed by atoms with E-state index in [0.29, 0.717) is 13.0 Å². The van der Waals surface area contributed by atoms with Crippen LogP contribution in [-0.4, -0.2) is 25.8 Å². The van der Waals surface area contributed by atoms with Crippen molar-refractivity contribution in [3.63, 3.8) is 0 Å². The Hall–Kier alpha value is -1.85. The van der Waals surface area contributed by atoms with Crippen LogP contribution in [0.25, 0.3) is 0 Å². The Kier molecular flexibility index (Phi) is 5.90. The second-order valence-electron chi connectivity index (χ2n) is 3.71. The number of rotatable bonds is 7. The molecule has 0 aliphatic carbocycles. The molecule has 0 saturated heterocycles. The van der Waals surface area contributed by atoms with Crippen molar-refractivity contribution in [2.45, 2.75) is 12.8 Å². The Balaban J connectivity index is 2.53. The topological polar surface area (TPSA) is 73.6 Å². The zero-order chi connectivity index (χ0) is 13.4. The normalized spacial score (nSPS) is 10.1. The third-order valence-corrected chi connectivity index (χ3v) is 2.23. The molecule has 0 atom stereocenters. The molecule has 4 N–H and O–H groups in total. The van der Waals surface area contributed by atoms with E-state index in [1.54, 1.807) is 6.07 Å². The SMILES string of the molecule is NC(N)=NCCc1ccc(OCCC[18F])c(F)c1. The Morgan fingerprint density at radius 1 is 1.33 bits per heavy atom. The van der Waals surface area contributed by atoms with E-state index in [1.165, 1.54) is 12.1 Å². The Labute approximate surface area is 105 Å². The molecule has 0 spiro atoms. The third kappa shape index (κ3) is 4.99. The van der Waals surface area contributed by atoms with Crippen LogP contribution in [0.4, 0.5) is 8.78 Å². The van der Waals surface area contributed by atoms with Crippen molar-refractivity contribution in [1.29, 1.82) is 0 Å². The minimum Gasteiger partial charge on any atom is -0.490 e. The first-order chi connectivity index (χ1) is 8.63. The largest absolute Gasteiger partial charge is 0.490 e. The van der Waals surface area contributed by atoms with Gasteiger partial charge in [0.05, 0.1) is 13.3 Å². The summed E-state index contributed by atoms with van der Waals surface area (Å²) in [6, 6.07) is 4.63. The minimum atomic E-state index is -0.474. The second kappa shape index (κ2) is 7.47. The van der Waals surface area contributed by atoms with Gasteiger partial charge in [-0.05, 0) is 24.1 Å². The summed E-state index contributed by atoms with van der Waals surface area (Å²) in [5.74, 6) is -0.313. The van der Waals surface area contributed by atoms with Gasteiger partial charge in [-0.25, -0.2) is 4.39 Å². The lowest BCUT2D eigenvalue weighted by molar-refractivity contribution is 0.277. The molecule has 0 heterocycles. The fourth-order valence-electron chi connectivity index (χ4n) is 1.37. The summed E-state index contributed by atoms with van der Waals surface area (Å²) in [4.78, 5) is 3.81. The number of ether oxygens (including phenoxy) is 1. The van der Waals surface area contributed by atoms with Crippen LogP contribution in [0.1, 0.15) is 12.0 Å². The molecular weight excluding hydrogens is 239 g/mol. The molecule has 0 saturated carbocycles. The van der Waals surface area contributed by atoms with E-state index < -0.39 is 12.5 Å². The summed E-state index contributed by atoms with van der Waals surface area (Å²) in [6.07, 6.45) is 0.797. The fourth-order valence-corrected chi connectivity index (χ4v) is 1.37. The number of hydrogen-bond acceptors (Lipinski definition) is 2. The van der Waals surface area contributed by atoms with Gasteiger partial charge in [0.15, 0.2) is 17.5 Å². The minimum absolute atomic E-state index is 0.0154. The zero-order valence-electron chi connectivity index (χ0n) is 10.0. The van der Waals surface area contributed by atoms with Gasteiger partial charge in [0.25, 0.3) is 0 Å². The smallest absolute Gasteiger partial charge is 0.185 e. The lowest BCUT2D eigenvalue weighted by atomic mass is 10.1. The molecule has 0 aliphatic heterocycles. The van der Waals surface area contributed by atoms with E-state index in [9.17, 15) is 8.78 Å². The standard InChI is InChI=1S/C12H17F2N3O/c13-5-1-7-18-11-3-2-9(8-10(11)14)4-6-17-12(15)16/h2-3,8H,1,4-7H2,(H4,15,16,17)/i13-1. The Morgan fingerprint density at radius 3 is 2.72 bits per heavy atom. The Morgan fingerprint density at radius 2 is 2.11 bits per heavy atom. The van der Waals surface area contributed by atoms with Gasteiger partial charge in [0.2, 0.25) is 0 Å². The van der Waals surface area contributed by atoms with Gasteiger partial charge < -0.3 is 16.2 Å². The van der Waals surface area contributed by atoms with E-state index in [0.717, 1.165) is 5.56 Å². The number of nitrogens with two attached hydrogens (primary N) is 2. The predicted octanol–water partition coefficient (Wildman–Crippen LogP) is 1.38. The molecule has 1 aromatic rings. The van der Waals surface area contributed by atoms with Crippen LogP contribution >= 0.6 is 0 Å². The van der Waals surface area contributed by atoms with Crippen molar-refractivity contribution in [1.82, 2.24) is 0 Å². The van der Waals surface area contributed by atoms with Crippen molar-refractivity contribution < 1.29 is 13.5 Å². The molecule has 18 heavy (non-hydrogen) atoms. The van der Waals surface area contributed by atoms with Crippen LogP contribution in [0.2, 0.25) is 0 Å². The second-order valence-corrected chi connectivity index (χ2v) is 3.71. The van der Waals surface area contributed by atoms with E-state index in [-0.39, 0.29) is 24.7 Å². The number of alkyl halides is 1. The molecule has 0 bridgehead atoms. The highest BCUT2D eigenvalue weighted by molar-refractivity contribution is 5.75. The quantitative estimate of drug-likeness (QED) is 0.440. The van der Waals surface area contributed by atoms with Crippen LogP contribution in [0.5, 0.6) is 5.75 Å². The average Bonchev–Trinajstić information content (AvgIpc) is 2.31. The summed E-state index contributed by atoms with van der Waals surface area (Å²) in [7, 11) is 0. The molecule has 1 rings (SSSR count). The van der Waals surface area contributed by atoms with E-state index in [1.807, 2.05) is 0 Å². The first-order valence-electron chi connectivity index (χ1n) is 5.66. The molecule has 0 aliphatic rings. The molecule has 0 amide bonds. The van der Waals surface area contributed by atoms with Crippen LogP contribution in [-0.2, 0) is 6.42 Å². The first kappa shape index (κ1) is 14.2. The summed E-state index contributed by atoms with van der Waals surface area (Å²) in [5.41, 5.74) is 11.1. The summed E-state index contributed by atoms with van der Waals surface area (Å²) < 4.78 is 30.5. The van der Waals surface area contributed by atoms with E-state index in [4.69, 9.17) is 16.2 Å². The highest BCUT2D eigenvalue weighted by atomic mass is 19.1. The van der Waals surface area contributed by atoms with Gasteiger partial charge in [-0.1, -0.05) is 6.07 Å². The Bertz CT molecular complexity index is 406. The van der Waals surface area contributed by atoms with Crippen LogP contribution in [0.3, 0.4) is 0 Å². The number of hydrogen-bond donors (Lipinski definition) is 2. The molecule has 1 aromatic carbocycles. The molecule has 6 heteroatoms. The number of nitrogens with zero attached hydrogens (tertiary/aromatic N) is 1. The van der Waals surface area contributed by atoms with Gasteiger partial charge in [-0.15, -0.1) is 0 Å². The molecule has 0 radical (unpaired) electrons. The summed E-state index contributed by atoms with van der Waals surface area (Å²) in [5, 5.41) is 0. The molecule has 100 valence electrons. The molecular formula is C12H17F2N3O. The van der Waals surface area contributed by atoms with E-state index >= 15 is 0 Å². The van der Waals surface area contributed by atoms with E-state index in [2.05, 4.69) is 4.99 Å². The van der Waals surface area contributed by atoms with Crippen molar-refractivity contribution in [2.24, 2.45) is 16.5 Å². The van der Waals surface area contributed by atoms with Gasteiger partial charge in [-0.2, -0.15) is 0 Å². The number of guanidine groups is 1. The van der Waals surface area contributed by atoms with Gasteiger partial charge in [-0.3, -0.25) is 9.38 Å². The maximum absolute atomic E-state index is 13.6. The van der Waals surface area contributed by atoms with Crippen molar-refractivity contribution >= 4 is 5.96 Å². The number of aliphatic imine (C=N–C) groups is 1. The maximum atomic E-state index is 13.6. The molecule has 0 unspecified atom stereocenters. The van der Waals surface area contributed by atoms with Crippen molar-refractivity contribution in [2.75, 3.05) is 19.8 Å². The van der Waals surface area contributed by atoms with Gasteiger partial charge >= 0.3 is 0 Å². The van der Waals surface area contributed by atoms with Gasteiger partial charge in [0, 0.05) is 13.0 Å². The summed E-state index contributed by atoms with van der Waals surface area (Å²) in [6.45, 7) is 0.100. The first-order valence-corrected chi connectivity index (χ1v) is 5.66. The zero-order valence-corrected chi connectivity index (χ0v) is 10.0. The third-order valence-electron chi connectivity index (χ3n) is 2.23. The number of benzene rings is 1. The van der Waals surface area contributed by atoms with Crippen molar-refractivity contribution in [3.8, 4) is 5.75 Å². The molecule has 4 nitrogen and oxygen atoms in total. The predicted molar refractivity (Wildman–Crippen MR) is 66.9 cm³/mol. The highest BCUT2D eigenvalue weighted by Crippen LogP contribution is 2.18. The molecule has 0 aromatic heterocycles. The van der Waals surface area contributed by atoms with Crippen LogP contribution in [0, 0.1) is 5.82 Å². The van der Waals surface area contributed by atoms with Crippen LogP contribution < -0.4 is 16.2 Å². The van der Waals surface area contributed by atoms with Crippen molar-refractivity contribution in [3.05, 3.63) is 29.6 Å². The highest BCUT2D eigenvalue weighted by Gasteiger charge is 2.04. The maximum Gasteiger partial charge on any atom is 0.185 e. The number of halogens is 2. The fraction of sp³-hybridized carbons (Fsp3) is 0.417. The lowest BCUT2D eigenvalue weighted by Crippen LogP contribution is -2.23. The lowest BCUT2D eigenvalue weighted by Gasteiger charge is -2.07. The van der Waals surface area contributed by atoms with Crippen LogP contribution in [0.15, 0.2) is 23.2 Å². The monoisotopic (exact) mass is 256 g/mol. The summed E-state index contributed by atoms with van der Waals surface area (Å²) >= 11 is 0.